The maximum absolute atomic E-state index is 13.7. The van der Waals surface area contributed by atoms with Crippen molar-refractivity contribution in [1.29, 1.82) is 0 Å². The summed E-state index contributed by atoms with van der Waals surface area (Å²) in [6.07, 6.45) is 1.89. The Hall–Kier alpha value is -3.48. The molecule has 1 N–H and O–H groups in total. The fourth-order valence-corrected chi connectivity index (χ4v) is 3.79. The Morgan fingerprint density at radius 2 is 1.69 bits per heavy atom. The number of imide groups is 1. The summed E-state index contributed by atoms with van der Waals surface area (Å²) in [5, 5.41) is 2.68. The largest absolute Gasteiger partial charge is 0.366 e. The molecule has 2 aromatic carbocycles. The SMILES string of the molecule is CC(=O)Nc1ccc(C2=C(N3CCCC3)C(=O)N(c3cccc(F)c3)C2=O)cc1. The van der Waals surface area contributed by atoms with E-state index in [1.54, 1.807) is 30.3 Å². The highest BCUT2D eigenvalue weighted by molar-refractivity contribution is 6.45. The zero-order valence-electron chi connectivity index (χ0n) is 15.9. The van der Waals surface area contributed by atoms with E-state index in [1.807, 2.05) is 4.90 Å². The van der Waals surface area contributed by atoms with E-state index >= 15 is 0 Å². The lowest BCUT2D eigenvalue weighted by atomic mass is 10.0. The summed E-state index contributed by atoms with van der Waals surface area (Å²) in [6.45, 7) is 2.80. The van der Waals surface area contributed by atoms with Gasteiger partial charge in [0.2, 0.25) is 5.91 Å². The molecule has 0 spiro atoms. The molecule has 6 nitrogen and oxygen atoms in total. The van der Waals surface area contributed by atoms with Gasteiger partial charge in [0.05, 0.1) is 11.3 Å². The number of likely N-dealkylation sites (tertiary alicyclic amines) is 1. The standard InChI is InChI=1S/C22H20FN3O3/c1-14(27)24-17-9-7-15(8-10-17)19-20(25-11-2-3-12-25)22(29)26(21(19)28)18-6-4-5-16(23)13-18/h4-10,13H,2-3,11-12H2,1H3,(H,24,27). The number of carbonyl (C=O) groups is 3. The highest BCUT2D eigenvalue weighted by atomic mass is 19.1. The Labute approximate surface area is 167 Å². The van der Waals surface area contributed by atoms with Crippen LogP contribution in [0.5, 0.6) is 0 Å². The predicted molar refractivity (Wildman–Crippen MR) is 107 cm³/mol. The van der Waals surface area contributed by atoms with Crippen LogP contribution in [0.1, 0.15) is 25.3 Å². The van der Waals surface area contributed by atoms with E-state index in [4.69, 9.17) is 0 Å². The fourth-order valence-electron chi connectivity index (χ4n) is 3.79. The molecule has 3 amide bonds. The molecule has 29 heavy (non-hydrogen) atoms. The first-order chi connectivity index (χ1) is 14.0. The third-order valence-corrected chi connectivity index (χ3v) is 5.04. The van der Waals surface area contributed by atoms with Crippen LogP contribution in [0.3, 0.4) is 0 Å². The quantitative estimate of drug-likeness (QED) is 0.810. The molecule has 0 radical (unpaired) electrons. The predicted octanol–water partition coefficient (Wildman–Crippen LogP) is 3.16. The number of nitrogens with zero attached hydrogens (tertiary/aromatic N) is 2. The van der Waals surface area contributed by atoms with Gasteiger partial charge in [0.15, 0.2) is 0 Å². The molecule has 0 atom stereocenters. The molecule has 7 heteroatoms. The minimum atomic E-state index is -0.515. The smallest absolute Gasteiger partial charge is 0.282 e. The van der Waals surface area contributed by atoms with Crippen LogP contribution in [-0.2, 0) is 14.4 Å². The number of nitrogens with one attached hydrogen (secondary N) is 1. The van der Waals surface area contributed by atoms with Gasteiger partial charge in [-0.3, -0.25) is 14.4 Å². The minimum absolute atomic E-state index is 0.195. The number of hydrogen-bond acceptors (Lipinski definition) is 4. The molecule has 1 fully saturated rings. The van der Waals surface area contributed by atoms with Gasteiger partial charge in [-0.2, -0.15) is 0 Å². The summed E-state index contributed by atoms with van der Waals surface area (Å²) in [4.78, 5) is 40.7. The molecule has 2 aliphatic heterocycles. The third kappa shape index (κ3) is 3.51. The van der Waals surface area contributed by atoms with Gasteiger partial charge in [-0.05, 0) is 48.7 Å². The second-order valence-electron chi connectivity index (χ2n) is 7.10. The number of carbonyl (C=O) groups excluding carboxylic acids is 3. The Kier molecular flexibility index (Phi) is 4.88. The van der Waals surface area contributed by atoms with Crippen LogP contribution in [-0.4, -0.2) is 35.7 Å². The molecule has 0 aliphatic carbocycles. The fraction of sp³-hybridized carbons (Fsp3) is 0.227. The number of benzene rings is 2. The average molecular weight is 393 g/mol. The first-order valence-corrected chi connectivity index (χ1v) is 9.47. The van der Waals surface area contributed by atoms with Crippen molar-refractivity contribution in [2.45, 2.75) is 19.8 Å². The summed E-state index contributed by atoms with van der Waals surface area (Å²) in [5.41, 5.74) is 2.04. The number of halogens is 1. The lowest BCUT2D eigenvalue weighted by molar-refractivity contribution is -0.120. The molecular formula is C22H20FN3O3. The molecule has 2 aromatic rings. The maximum atomic E-state index is 13.7. The van der Waals surface area contributed by atoms with Gasteiger partial charge in [0, 0.05) is 25.7 Å². The van der Waals surface area contributed by atoms with Crippen molar-refractivity contribution in [2.24, 2.45) is 0 Å². The molecular weight excluding hydrogens is 373 g/mol. The van der Waals surface area contributed by atoms with Crippen molar-refractivity contribution in [3.05, 3.63) is 65.6 Å². The summed E-state index contributed by atoms with van der Waals surface area (Å²) < 4.78 is 13.7. The van der Waals surface area contributed by atoms with Crippen LogP contribution < -0.4 is 10.2 Å². The summed E-state index contributed by atoms with van der Waals surface area (Å²) in [6, 6.07) is 12.3. The zero-order chi connectivity index (χ0) is 20.5. The lowest BCUT2D eigenvalue weighted by Crippen LogP contribution is -2.34. The second kappa shape index (κ2) is 7.50. The molecule has 2 heterocycles. The number of hydrogen-bond donors (Lipinski definition) is 1. The van der Waals surface area contributed by atoms with Gasteiger partial charge >= 0.3 is 0 Å². The highest BCUT2D eigenvalue weighted by Gasteiger charge is 2.43. The normalized spacial score (nSPS) is 16.8. The van der Waals surface area contributed by atoms with Crippen LogP contribution in [0.15, 0.2) is 54.2 Å². The van der Waals surface area contributed by atoms with Gasteiger partial charge in [-0.25, -0.2) is 9.29 Å². The molecule has 4 rings (SSSR count). The molecule has 1 saturated heterocycles. The summed E-state index contributed by atoms with van der Waals surface area (Å²) in [7, 11) is 0. The summed E-state index contributed by atoms with van der Waals surface area (Å²) in [5.74, 6) is -1.63. The number of rotatable bonds is 4. The van der Waals surface area contributed by atoms with Crippen molar-refractivity contribution in [3.63, 3.8) is 0 Å². The lowest BCUT2D eigenvalue weighted by Gasteiger charge is -2.20. The number of anilines is 2. The van der Waals surface area contributed by atoms with Gasteiger partial charge in [0.1, 0.15) is 11.5 Å². The molecule has 2 aliphatic rings. The van der Waals surface area contributed by atoms with E-state index in [0.29, 0.717) is 35.6 Å². The van der Waals surface area contributed by atoms with Gasteiger partial charge in [-0.1, -0.05) is 18.2 Å². The van der Waals surface area contributed by atoms with E-state index in [9.17, 15) is 18.8 Å². The second-order valence-corrected chi connectivity index (χ2v) is 7.10. The van der Waals surface area contributed by atoms with E-state index in [1.165, 1.54) is 25.1 Å². The highest BCUT2D eigenvalue weighted by Crippen LogP contribution is 2.36. The molecule has 0 bridgehead atoms. The van der Waals surface area contributed by atoms with Crippen LogP contribution >= 0.6 is 0 Å². The van der Waals surface area contributed by atoms with Gasteiger partial charge < -0.3 is 10.2 Å². The first-order valence-electron chi connectivity index (χ1n) is 9.47. The van der Waals surface area contributed by atoms with E-state index in [-0.39, 0.29) is 11.6 Å². The Morgan fingerprint density at radius 3 is 2.31 bits per heavy atom. The van der Waals surface area contributed by atoms with Crippen LogP contribution in [0.4, 0.5) is 15.8 Å². The monoisotopic (exact) mass is 393 g/mol. The van der Waals surface area contributed by atoms with Crippen LogP contribution in [0.2, 0.25) is 0 Å². The minimum Gasteiger partial charge on any atom is -0.366 e. The van der Waals surface area contributed by atoms with Crippen molar-refractivity contribution >= 4 is 34.7 Å². The molecule has 148 valence electrons. The number of amides is 3. The Bertz CT molecular complexity index is 1020. The van der Waals surface area contributed by atoms with Crippen LogP contribution in [0, 0.1) is 5.82 Å². The third-order valence-electron chi connectivity index (χ3n) is 5.04. The first kappa shape index (κ1) is 18.9. The molecule has 0 aromatic heterocycles. The maximum Gasteiger partial charge on any atom is 0.282 e. The Balaban J connectivity index is 1.77. The topological polar surface area (TPSA) is 69.7 Å². The van der Waals surface area contributed by atoms with Gasteiger partial charge in [0.25, 0.3) is 11.8 Å². The van der Waals surface area contributed by atoms with E-state index in [0.717, 1.165) is 17.7 Å². The van der Waals surface area contributed by atoms with Crippen molar-refractivity contribution in [1.82, 2.24) is 4.90 Å². The van der Waals surface area contributed by atoms with E-state index < -0.39 is 17.6 Å². The molecule has 0 saturated carbocycles. The molecule has 0 unspecified atom stereocenters. The average Bonchev–Trinajstić information content (AvgIpc) is 3.28. The zero-order valence-corrected chi connectivity index (χ0v) is 15.9. The van der Waals surface area contributed by atoms with Crippen molar-refractivity contribution in [2.75, 3.05) is 23.3 Å². The summed E-state index contributed by atoms with van der Waals surface area (Å²) >= 11 is 0. The van der Waals surface area contributed by atoms with Gasteiger partial charge in [-0.15, -0.1) is 0 Å². The van der Waals surface area contributed by atoms with E-state index in [2.05, 4.69) is 5.32 Å². The Morgan fingerprint density at radius 1 is 1.00 bits per heavy atom. The van der Waals surface area contributed by atoms with Crippen molar-refractivity contribution < 1.29 is 18.8 Å². The van der Waals surface area contributed by atoms with Crippen LogP contribution in [0.25, 0.3) is 5.57 Å². The van der Waals surface area contributed by atoms with Crippen molar-refractivity contribution in [3.8, 4) is 0 Å².